The van der Waals surface area contributed by atoms with E-state index in [0.29, 0.717) is 0 Å². The Morgan fingerprint density at radius 3 is 1.68 bits per heavy atom. The van der Waals surface area contributed by atoms with Crippen LogP contribution in [0.1, 0.15) is 0 Å². The second-order valence-electron chi connectivity index (χ2n) is 14.7. The summed E-state index contributed by atoms with van der Waals surface area (Å²) >= 11 is 1.78. The number of nitrogens with zero attached hydrogens (tertiary/aromatic N) is 2. The second kappa shape index (κ2) is 14.5. The van der Waals surface area contributed by atoms with Crippen molar-refractivity contribution >= 4 is 87.6 Å². The van der Waals surface area contributed by atoms with E-state index in [0.717, 1.165) is 77.5 Å². The van der Waals surface area contributed by atoms with Crippen LogP contribution in [0, 0.1) is 5.82 Å². The Kier molecular flexibility index (Phi) is 8.53. The molecule has 0 aliphatic carbocycles. The predicted molar refractivity (Wildman–Crippen MR) is 247 cm³/mol. The van der Waals surface area contributed by atoms with Crippen LogP contribution in [0.3, 0.4) is 0 Å². The summed E-state index contributed by atoms with van der Waals surface area (Å²) in [5.74, 6) is -0.283. The molecule has 280 valence electrons. The zero-order valence-electron chi connectivity index (χ0n) is 31.8. The van der Waals surface area contributed by atoms with E-state index in [9.17, 15) is 4.39 Å². The molecule has 0 unspecified atom stereocenters. The van der Waals surface area contributed by atoms with E-state index < -0.39 is 0 Å². The molecule has 2 heterocycles. The Balaban J connectivity index is 1.13. The fourth-order valence-electron chi connectivity index (χ4n) is 8.31. The molecule has 0 aliphatic heterocycles. The predicted octanol–water partition coefficient (Wildman–Crippen LogP) is 16.4. The highest BCUT2D eigenvalue weighted by Crippen LogP contribution is 2.49. The molecule has 5 heteroatoms. The first-order valence-electron chi connectivity index (χ1n) is 19.7. The number of hydrogen-bond donors (Lipinski definition) is 0. The monoisotopic (exact) mass is 778 g/mol. The van der Waals surface area contributed by atoms with Gasteiger partial charge in [0.1, 0.15) is 17.0 Å². The fraction of sp³-hybridized carbons (Fsp3) is 0. The van der Waals surface area contributed by atoms with E-state index in [-0.39, 0.29) is 5.82 Å². The third-order valence-corrected chi connectivity index (χ3v) is 12.2. The SMILES string of the molecule is Fc1ccc(N(c2cc(N(c3ccccc3)c3ccc(-c4ccccc4)cc3)c3c(c2)sc2ccccc23)c2ccc3oc4cc(-c5ccccc5)ccc4c3c2)cc1. The van der Waals surface area contributed by atoms with Crippen molar-refractivity contribution in [3.05, 3.63) is 218 Å². The van der Waals surface area contributed by atoms with Gasteiger partial charge in [0.2, 0.25) is 0 Å². The van der Waals surface area contributed by atoms with Crippen molar-refractivity contribution in [3.8, 4) is 22.3 Å². The van der Waals surface area contributed by atoms with Gasteiger partial charge in [0.25, 0.3) is 0 Å². The maximum Gasteiger partial charge on any atom is 0.136 e. The Morgan fingerprint density at radius 2 is 0.932 bits per heavy atom. The van der Waals surface area contributed by atoms with Gasteiger partial charge in [-0.3, -0.25) is 0 Å². The summed E-state index contributed by atoms with van der Waals surface area (Å²) in [6.45, 7) is 0. The van der Waals surface area contributed by atoms with E-state index >= 15 is 0 Å². The van der Waals surface area contributed by atoms with Crippen LogP contribution >= 0.6 is 11.3 Å². The summed E-state index contributed by atoms with van der Waals surface area (Å²) in [5.41, 5.74) is 12.1. The summed E-state index contributed by atoms with van der Waals surface area (Å²) in [7, 11) is 0. The highest BCUT2D eigenvalue weighted by Gasteiger charge is 2.24. The zero-order valence-corrected chi connectivity index (χ0v) is 32.6. The van der Waals surface area contributed by atoms with Crippen LogP contribution in [-0.2, 0) is 0 Å². The summed E-state index contributed by atoms with van der Waals surface area (Å²) in [6.07, 6.45) is 0. The normalized spacial score (nSPS) is 11.5. The van der Waals surface area contributed by atoms with Crippen molar-refractivity contribution in [1.29, 1.82) is 0 Å². The van der Waals surface area contributed by atoms with Crippen LogP contribution in [0.15, 0.2) is 217 Å². The molecule has 0 atom stereocenters. The maximum absolute atomic E-state index is 14.6. The van der Waals surface area contributed by atoms with Gasteiger partial charge >= 0.3 is 0 Å². The standard InChI is InChI=1S/C54H35FN2OS/c55-40-23-27-42(28-24-40)56(44-29-31-50-48(33-44)46-30-22-39(32-51(46)58-50)37-14-6-2-7-15-37)45-34-49(54-47-18-10-11-19-52(47)59-53(54)35-45)57(41-16-8-3-9-17-41)43-25-20-38(21-26-43)36-12-4-1-5-13-36/h1-35H. The number of benzene rings is 9. The molecule has 0 amide bonds. The largest absolute Gasteiger partial charge is 0.456 e. The van der Waals surface area contributed by atoms with E-state index in [1.807, 2.05) is 30.3 Å². The summed E-state index contributed by atoms with van der Waals surface area (Å²) in [5, 5.41) is 4.42. The average Bonchev–Trinajstić information content (AvgIpc) is 3.86. The molecule has 0 bridgehead atoms. The minimum absolute atomic E-state index is 0.283. The van der Waals surface area contributed by atoms with Crippen molar-refractivity contribution in [2.24, 2.45) is 0 Å². The lowest BCUT2D eigenvalue weighted by molar-refractivity contribution is 0.628. The van der Waals surface area contributed by atoms with Crippen LogP contribution in [-0.4, -0.2) is 0 Å². The Hall–Kier alpha value is -7.47. The average molecular weight is 779 g/mol. The molecule has 0 saturated carbocycles. The van der Waals surface area contributed by atoms with E-state index in [2.05, 4.69) is 180 Å². The minimum atomic E-state index is -0.283. The van der Waals surface area contributed by atoms with Gasteiger partial charge in [0.15, 0.2) is 0 Å². The first-order chi connectivity index (χ1) is 29.1. The Labute approximate surface area is 345 Å². The van der Waals surface area contributed by atoms with E-state index in [4.69, 9.17) is 4.42 Å². The molecule has 0 fully saturated rings. The molecule has 9 aromatic carbocycles. The first-order valence-corrected chi connectivity index (χ1v) is 20.5. The number of hydrogen-bond acceptors (Lipinski definition) is 4. The highest BCUT2D eigenvalue weighted by molar-refractivity contribution is 7.26. The van der Waals surface area contributed by atoms with Crippen molar-refractivity contribution in [3.63, 3.8) is 0 Å². The molecule has 0 aliphatic rings. The van der Waals surface area contributed by atoms with Gasteiger partial charge in [-0.05, 0) is 119 Å². The van der Waals surface area contributed by atoms with Crippen molar-refractivity contribution in [2.75, 3.05) is 9.80 Å². The molecular weight excluding hydrogens is 744 g/mol. The fourth-order valence-corrected chi connectivity index (χ4v) is 9.47. The van der Waals surface area contributed by atoms with Crippen LogP contribution < -0.4 is 9.80 Å². The lowest BCUT2D eigenvalue weighted by Crippen LogP contribution is -2.13. The molecule has 3 nitrogen and oxygen atoms in total. The van der Waals surface area contributed by atoms with Gasteiger partial charge in [-0.2, -0.15) is 0 Å². The summed E-state index contributed by atoms with van der Waals surface area (Å²) < 4.78 is 23.5. The quantitative estimate of drug-likeness (QED) is 0.153. The Bertz CT molecular complexity index is 3270. The van der Waals surface area contributed by atoms with Crippen molar-refractivity contribution in [2.45, 2.75) is 0 Å². The Morgan fingerprint density at radius 1 is 0.356 bits per heavy atom. The maximum atomic E-state index is 14.6. The van der Waals surface area contributed by atoms with E-state index in [1.165, 1.54) is 33.2 Å². The van der Waals surface area contributed by atoms with Crippen LogP contribution in [0.4, 0.5) is 38.5 Å². The number of thiophene rings is 1. The third-order valence-electron chi connectivity index (χ3n) is 11.1. The smallest absolute Gasteiger partial charge is 0.136 e. The van der Waals surface area contributed by atoms with Crippen LogP contribution in [0.25, 0.3) is 64.4 Å². The molecule has 11 rings (SSSR count). The third kappa shape index (κ3) is 6.29. The molecule has 0 radical (unpaired) electrons. The molecule has 59 heavy (non-hydrogen) atoms. The molecule has 0 spiro atoms. The van der Waals surface area contributed by atoms with Crippen molar-refractivity contribution < 1.29 is 8.81 Å². The van der Waals surface area contributed by atoms with Crippen molar-refractivity contribution in [1.82, 2.24) is 0 Å². The number of anilines is 6. The molecule has 11 aromatic rings. The lowest BCUT2D eigenvalue weighted by atomic mass is 10.0. The first kappa shape index (κ1) is 34.8. The summed E-state index contributed by atoms with van der Waals surface area (Å²) in [4.78, 5) is 4.59. The lowest BCUT2D eigenvalue weighted by Gasteiger charge is -2.30. The molecule has 0 N–H and O–H groups in total. The number of rotatable bonds is 8. The number of fused-ring (bicyclic) bond motifs is 6. The number of furan rings is 1. The van der Waals surface area contributed by atoms with Gasteiger partial charge in [0.05, 0.1) is 5.69 Å². The molecule has 0 saturated heterocycles. The molecular formula is C54H35FN2OS. The zero-order chi connectivity index (χ0) is 39.3. The second-order valence-corrected chi connectivity index (χ2v) is 15.8. The summed E-state index contributed by atoms with van der Waals surface area (Å²) in [6, 6.07) is 73.0. The number of halogens is 1. The van der Waals surface area contributed by atoms with Gasteiger partial charge in [-0.25, -0.2) is 4.39 Å². The topological polar surface area (TPSA) is 19.6 Å². The molecule has 2 aromatic heterocycles. The van der Waals surface area contributed by atoms with Gasteiger partial charge in [-0.15, -0.1) is 11.3 Å². The van der Waals surface area contributed by atoms with E-state index in [1.54, 1.807) is 11.3 Å². The van der Waals surface area contributed by atoms with Gasteiger partial charge in [-0.1, -0.05) is 115 Å². The van der Waals surface area contributed by atoms with Crippen LogP contribution in [0.5, 0.6) is 0 Å². The van der Waals surface area contributed by atoms with Crippen LogP contribution in [0.2, 0.25) is 0 Å². The van der Waals surface area contributed by atoms with Gasteiger partial charge < -0.3 is 14.2 Å². The highest BCUT2D eigenvalue weighted by atomic mass is 32.1. The minimum Gasteiger partial charge on any atom is -0.456 e. The number of para-hydroxylation sites is 1. The van der Waals surface area contributed by atoms with Gasteiger partial charge in [0, 0.05) is 59.4 Å².